The van der Waals surface area contributed by atoms with Crippen molar-refractivity contribution < 1.29 is 13.2 Å². The van der Waals surface area contributed by atoms with Crippen LogP contribution in [-0.4, -0.2) is 50.7 Å². The van der Waals surface area contributed by atoms with Gasteiger partial charge >= 0.3 is 0 Å². The molecular weight excluding hydrogens is 302 g/mol. The standard InChI is InChI=1S/C15H23N3O3S/c1-3-9-22(20,21)17-14-6-4-5-13(10-14)15(19)18-8-7-16-11-12(18)2/h4-6,10,12,16-17H,3,7-9,11H2,1-2H3. The van der Waals surface area contributed by atoms with E-state index in [0.29, 0.717) is 24.2 Å². The first-order valence-electron chi connectivity index (χ1n) is 7.55. The molecule has 0 aliphatic carbocycles. The quantitative estimate of drug-likeness (QED) is 0.854. The van der Waals surface area contributed by atoms with Gasteiger partial charge in [-0.2, -0.15) is 0 Å². The minimum absolute atomic E-state index is 0.0643. The Labute approximate surface area is 131 Å². The second-order valence-corrected chi connectivity index (χ2v) is 7.40. The van der Waals surface area contributed by atoms with E-state index in [0.717, 1.165) is 13.1 Å². The molecule has 6 nitrogen and oxygen atoms in total. The van der Waals surface area contributed by atoms with Gasteiger partial charge in [0.15, 0.2) is 0 Å². The summed E-state index contributed by atoms with van der Waals surface area (Å²) in [4.78, 5) is 14.4. The number of amides is 1. The highest BCUT2D eigenvalue weighted by atomic mass is 32.2. The minimum atomic E-state index is -3.35. The third-order valence-electron chi connectivity index (χ3n) is 3.62. The third-order valence-corrected chi connectivity index (χ3v) is 5.11. The number of anilines is 1. The minimum Gasteiger partial charge on any atom is -0.333 e. The van der Waals surface area contributed by atoms with E-state index in [-0.39, 0.29) is 17.7 Å². The molecule has 2 rings (SSSR count). The Hall–Kier alpha value is -1.60. The first-order valence-corrected chi connectivity index (χ1v) is 9.20. The van der Waals surface area contributed by atoms with Crippen LogP contribution >= 0.6 is 0 Å². The molecule has 0 aromatic heterocycles. The van der Waals surface area contributed by atoms with Crippen LogP contribution in [0.3, 0.4) is 0 Å². The maximum absolute atomic E-state index is 12.6. The van der Waals surface area contributed by atoms with Crippen LogP contribution in [0.5, 0.6) is 0 Å². The van der Waals surface area contributed by atoms with Crippen molar-refractivity contribution in [2.75, 3.05) is 30.1 Å². The van der Waals surface area contributed by atoms with Gasteiger partial charge in [-0.3, -0.25) is 9.52 Å². The lowest BCUT2D eigenvalue weighted by Crippen LogP contribution is -2.52. The normalized spacial score (nSPS) is 19.0. The number of rotatable bonds is 5. The molecule has 1 heterocycles. The topological polar surface area (TPSA) is 78.5 Å². The van der Waals surface area contributed by atoms with Crippen LogP contribution in [0.15, 0.2) is 24.3 Å². The average molecular weight is 325 g/mol. The highest BCUT2D eigenvalue weighted by Crippen LogP contribution is 2.16. The Balaban J connectivity index is 2.15. The number of carbonyl (C=O) groups excluding carboxylic acids is 1. The molecule has 1 aliphatic heterocycles. The van der Waals surface area contributed by atoms with Crippen molar-refractivity contribution in [3.63, 3.8) is 0 Å². The van der Waals surface area contributed by atoms with E-state index in [1.54, 1.807) is 24.3 Å². The summed E-state index contributed by atoms with van der Waals surface area (Å²) in [6, 6.07) is 6.80. The summed E-state index contributed by atoms with van der Waals surface area (Å²) in [7, 11) is -3.35. The molecule has 0 saturated carbocycles. The van der Waals surface area contributed by atoms with E-state index in [4.69, 9.17) is 0 Å². The van der Waals surface area contributed by atoms with E-state index in [1.807, 2.05) is 18.7 Å². The van der Waals surface area contributed by atoms with Gasteiger partial charge in [0.1, 0.15) is 0 Å². The maximum Gasteiger partial charge on any atom is 0.254 e. The van der Waals surface area contributed by atoms with Crippen molar-refractivity contribution >= 4 is 21.6 Å². The highest BCUT2D eigenvalue weighted by Gasteiger charge is 2.24. The molecule has 1 fully saturated rings. The molecule has 1 aliphatic rings. The van der Waals surface area contributed by atoms with Crippen molar-refractivity contribution in [3.8, 4) is 0 Å². The van der Waals surface area contributed by atoms with Crippen LogP contribution in [0.25, 0.3) is 0 Å². The van der Waals surface area contributed by atoms with Crippen molar-refractivity contribution in [2.24, 2.45) is 0 Å². The van der Waals surface area contributed by atoms with Crippen molar-refractivity contribution in [1.29, 1.82) is 0 Å². The van der Waals surface area contributed by atoms with Gasteiger partial charge in [0.05, 0.1) is 5.75 Å². The summed E-state index contributed by atoms with van der Waals surface area (Å²) in [6.45, 7) is 6.02. The SMILES string of the molecule is CCCS(=O)(=O)Nc1cccc(C(=O)N2CCNCC2C)c1. The molecule has 1 amide bonds. The molecule has 122 valence electrons. The fraction of sp³-hybridized carbons (Fsp3) is 0.533. The van der Waals surface area contributed by atoms with Gasteiger partial charge in [0.2, 0.25) is 10.0 Å². The molecule has 1 aromatic carbocycles. The van der Waals surface area contributed by atoms with Gasteiger partial charge in [-0.05, 0) is 31.5 Å². The monoisotopic (exact) mass is 325 g/mol. The van der Waals surface area contributed by atoms with Crippen molar-refractivity contribution in [2.45, 2.75) is 26.3 Å². The zero-order valence-corrected chi connectivity index (χ0v) is 13.8. The summed E-state index contributed by atoms with van der Waals surface area (Å²) in [5, 5.41) is 3.24. The summed E-state index contributed by atoms with van der Waals surface area (Å²) in [5.74, 6) is 0.00513. The van der Waals surface area contributed by atoms with Gasteiger partial charge in [-0.1, -0.05) is 13.0 Å². The number of sulfonamides is 1. The Kier molecular flexibility index (Phi) is 5.42. The van der Waals surface area contributed by atoms with Crippen LogP contribution in [-0.2, 0) is 10.0 Å². The molecule has 7 heteroatoms. The summed E-state index contributed by atoms with van der Waals surface area (Å²) in [6.07, 6.45) is 0.548. The largest absolute Gasteiger partial charge is 0.333 e. The lowest BCUT2D eigenvalue weighted by molar-refractivity contribution is 0.0656. The Morgan fingerprint density at radius 2 is 2.23 bits per heavy atom. The van der Waals surface area contributed by atoms with E-state index in [2.05, 4.69) is 10.0 Å². The van der Waals surface area contributed by atoms with Gasteiger partial charge < -0.3 is 10.2 Å². The highest BCUT2D eigenvalue weighted by molar-refractivity contribution is 7.92. The smallest absolute Gasteiger partial charge is 0.254 e. The Morgan fingerprint density at radius 1 is 1.45 bits per heavy atom. The lowest BCUT2D eigenvalue weighted by Gasteiger charge is -2.34. The predicted octanol–water partition coefficient (Wildman–Crippen LogP) is 1.27. The number of carbonyl (C=O) groups is 1. The van der Waals surface area contributed by atoms with E-state index < -0.39 is 10.0 Å². The number of hydrogen-bond donors (Lipinski definition) is 2. The van der Waals surface area contributed by atoms with Crippen molar-refractivity contribution in [1.82, 2.24) is 10.2 Å². The van der Waals surface area contributed by atoms with Crippen LogP contribution in [0.4, 0.5) is 5.69 Å². The van der Waals surface area contributed by atoms with Gasteiger partial charge in [-0.25, -0.2) is 8.42 Å². The first-order chi connectivity index (χ1) is 10.4. The molecular formula is C15H23N3O3S. The molecule has 0 spiro atoms. The van der Waals surface area contributed by atoms with Crippen LogP contribution in [0.1, 0.15) is 30.6 Å². The molecule has 2 N–H and O–H groups in total. The number of benzene rings is 1. The summed E-state index contributed by atoms with van der Waals surface area (Å²) < 4.78 is 26.2. The van der Waals surface area contributed by atoms with Gasteiger partial charge in [0.25, 0.3) is 5.91 Å². The fourth-order valence-electron chi connectivity index (χ4n) is 2.52. The maximum atomic E-state index is 12.6. The number of piperazine rings is 1. The van der Waals surface area contributed by atoms with E-state index >= 15 is 0 Å². The molecule has 1 unspecified atom stereocenters. The molecule has 0 radical (unpaired) electrons. The average Bonchev–Trinajstić information content (AvgIpc) is 2.46. The van der Waals surface area contributed by atoms with Crippen molar-refractivity contribution in [3.05, 3.63) is 29.8 Å². The van der Waals surface area contributed by atoms with Crippen LogP contribution < -0.4 is 10.0 Å². The zero-order chi connectivity index (χ0) is 16.2. The molecule has 1 aromatic rings. The Bertz CT molecular complexity index is 631. The fourth-order valence-corrected chi connectivity index (χ4v) is 3.65. The summed E-state index contributed by atoms with van der Waals surface area (Å²) in [5.41, 5.74) is 0.938. The first kappa shape index (κ1) is 16.8. The number of nitrogens with zero attached hydrogens (tertiary/aromatic N) is 1. The zero-order valence-electron chi connectivity index (χ0n) is 13.0. The Morgan fingerprint density at radius 3 is 2.91 bits per heavy atom. The van der Waals surface area contributed by atoms with Gasteiger partial charge in [0, 0.05) is 36.9 Å². The lowest BCUT2D eigenvalue weighted by atomic mass is 10.1. The predicted molar refractivity (Wildman–Crippen MR) is 87.5 cm³/mol. The second kappa shape index (κ2) is 7.11. The van der Waals surface area contributed by atoms with E-state index in [9.17, 15) is 13.2 Å². The molecule has 1 saturated heterocycles. The summed E-state index contributed by atoms with van der Waals surface area (Å²) >= 11 is 0. The van der Waals surface area contributed by atoms with E-state index in [1.165, 1.54) is 0 Å². The van der Waals surface area contributed by atoms with Crippen LogP contribution in [0, 0.1) is 0 Å². The van der Waals surface area contributed by atoms with Crippen LogP contribution in [0.2, 0.25) is 0 Å². The molecule has 22 heavy (non-hydrogen) atoms. The number of hydrogen-bond acceptors (Lipinski definition) is 4. The van der Waals surface area contributed by atoms with Gasteiger partial charge in [-0.15, -0.1) is 0 Å². The number of nitrogens with one attached hydrogen (secondary N) is 2. The third kappa shape index (κ3) is 4.20. The second-order valence-electron chi connectivity index (χ2n) is 5.55. The molecule has 0 bridgehead atoms. The molecule has 1 atom stereocenters.